The number of ether oxygens (including phenoxy) is 3. The van der Waals surface area contributed by atoms with E-state index in [-0.39, 0.29) is 23.9 Å². The number of Topliss-reactive ketones (excluding diaryl/α,β-unsaturated/α-hetero) is 2. The van der Waals surface area contributed by atoms with Gasteiger partial charge in [0.15, 0.2) is 18.1 Å². The molecule has 0 saturated heterocycles. The molecule has 0 fully saturated rings. The second-order valence-corrected chi connectivity index (χ2v) is 7.53. The molecule has 4 rings (SSSR count). The fourth-order valence-corrected chi connectivity index (χ4v) is 3.33. The Morgan fingerprint density at radius 3 is 2.42 bits per heavy atom. The summed E-state index contributed by atoms with van der Waals surface area (Å²) in [5.74, 6) is 1.19. The van der Waals surface area contributed by atoms with Gasteiger partial charge in [-0.3, -0.25) is 9.59 Å². The molecule has 0 atom stereocenters. The second kappa shape index (κ2) is 8.84. The quantitative estimate of drug-likeness (QED) is 0.343. The maximum absolute atomic E-state index is 12.6. The summed E-state index contributed by atoms with van der Waals surface area (Å²) in [5.41, 5.74) is 1.62. The highest BCUT2D eigenvalue weighted by Crippen LogP contribution is 2.35. The van der Waals surface area contributed by atoms with Gasteiger partial charge in [0, 0.05) is 11.6 Å². The first-order chi connectivity index (χ1) is 14.9. The number of halogens is 2. The maximum atomic E-state index is 12.6. The Morgan fingerprint density at radius 2 is 1.71 bits per heavy atom. The lowest BCUT2D eigenvalue weighted by molar-refractivity contribution is 0.0921. The molecule has 5 nitrogen and oxygen atoms in total. The molecule has 31 heavy (non-hydrogen) atoms. The molecule has 1 heterocycles. The number of ketones is 2. The van der Waals surface area contributed by atoms with Crippen molar-refractivity contribution in [3.63, 3.8) is 0 Å². The van der Waals surface area contributed by atoms with Gasteiger partial charge in [-0.1, -0.05) is 29.3 Å². The summed E-state index contributed by atoms with van der Waals surface area (Å²) in [5, 5.41) is 0.813. The Balaban J connectivity index is 1.45. The Labute approximate surface area is 188 Å². The van der Waals surface area contributed by atoms with Crippen molar-refractivity contribution in [1.82, 2.24) is 0 Å². The van der Waals surface area contributed by atoms with Crippen molar-refractivity contribution in [3.05, 3.63) is 93.2 Å². The molecule has 0 spiro atoms. The van der Waals surface area contributed by atoms with Crippen LogP contribution in [0.2, 0.25) is 10.0 Å². The first-order valence-electron chi connectivity index (χ1n) is 9.28. The molecule has 0 amide bonds. The topological polar surface area (TPSA) is 61.8 Å². The summed E-state index contributed by atoms with van der Waals surface area (Å²) >= 11 is 12.0. The number of methoxy groups -OCH3 is 1. The summed E-state index contributed by atoms with van der Waals surface area (Å²) in [6.45, 7) is -0.148. The molecule has 0 radical (unpaired) electrons. The zero-order valence-corrected chi connectivity index (χ0v) is 17.9. The molecular formula is C24H16Cl2O5. The zero-order valence-electron chi connectivity index (χ0n) is 16.4. The molecular weight excluding hydrogens is 439 g/mol. The fraction of sp³-hybridized carbons (Fsp3) is 0.0833. The van der Waals surface area contributed by atoms with Gasteiger partial charge in [-0.2, -0.15) is 0 Å². The molecule has 0 aromatic heterocycles. The summed E-state index contributed by atoms with van der Waals surface area (Å²) in [7, 11) is 1.56. The van der Waals surface area contributed by atoms with Gasteiger partial charge < -0.3 is 14.2 Å². The smallest absolute Gasteiger partial charge is 0.231 e. The van der Waals surface area contributed by atoms with E-state index in [1.54, 1.807) is 73.8 Å². The van der Waals surface area contributed by atoms with E-state index in [9.17, 15) is 9.59 Å². The standard InChI is InChI=1S/C24H16Cl2O5/c1-29-16-5-3-15(4-6-16)21(27)13-30-17-7-8-18-22(12-17)31-23(24(18)28)11-14-2-9-19(25)20(26)10-14/h2-12H,13H2,1H3/b23-11-. The average molecular weight is 455 g/mol. The van der Waals surface area contributed by atoms with Crippen LogP contribution in [0.15, 0.2) is 66.4 Å². The van der Waals surface area contributed by atoms with Gasteiger partial charge in [0.25, 0.3) is 0 Å². The molecule has 1 aliphatic rings. The maximum Gasteiger partial charge on any atom is 0.231 e. The lowest BCUT2D eigenvalue weighted by atomic mass is 10.1. The number of carbonyl (C=O) groups excluding carboxylic acids is 2. The van der Waals surface area contributed by atoms with E-state index in [0.29, 0.717) is 44.0 Å². The highest BCUT2D eigenvalue weighted by molar-refractivity contribution is 6.42. The van der Waals surface area contributed by atoms with Crippen molar-refractivity contribution in [2.75, 3.05) is 13.7 Å². The number of allylic oxidation sites excluding steroid dienone is 1. The summed E-state index contributed by atoms with van der Waals surface area (Å²) in [6.07, 6.45) is 1.60. The monoisotopic (exact) mass is 454 g/mol. The molecule has 0 unspecified atom stereocenters. The number of benzene rings is 3. The molecule has 0 N–H and O–H groups in total. The van der Waals surface area contributed by atoms with E-state index in [1.807, 2.05) is 0 Å². The number of fused-ring (bicyclic) bond motifs is 1. The SMILES string of the molecule is COc1ccc(C(=O)COc2ccc3c(c2)O/C(=C\c2ccc(Cl)c(Cl)c2)C3=O)cc1. The molecule has 156 valence electrons. The average Bonchev–Trinajstić information content (AvgIpc) is 3.09. The fourth-order valence-electron chi connectivity index (χ4n) is 3.02. The van der Waals surface area contributed by atoms with E-state index in [2.05, 4.69) is 0 Å². The summed E-state index contributed by atoms with van der Waals surface area (Å²) in [6, 6.07) is 16.6. The predicted molar refractivity (Wildman–Crippen MR) is 119 cm³/mol. The minimum absolute atomic E-state index is 0.148. The zero-order chi connectivity index (χ0) is 22.0. The first kappa shape index (κ1) is 21.0. The number of rotatable bonds is 6. The van der Waals surface area contributed by atoms with E-state index in [0.717, 1.165) is 0 Å². The van der Waals surface area contributed by atoms with Crippen LogP contribution in [-0.2, 0) is 0 Å². The Morgan fingerprint density at radius 1 is 0.968 bits per heavy atom. The third kappa shape index (κ3) is 4.58. The van der Waals surface area contributed by atoms with Crippen LogP contribution < -0.4 is 14.2 Å². The Kier molecular flexibility index (Phi) is 5.98. The van der Waals surface area contributed by atoms with Crippen molar-refractivity contribution in [2.24, 2.45) is 0 Å². The van der Waals surface area contributed by atoms with Crippen LogP contribution in [-0.4, -0.2) is 25.3 Å². The number of hydrogen-bond donors (Lipinski definition) is 0. The largest absolute Gasteiger partial charge is 0.497 e. The lowest BCUT2D eigenvalue weighted by Crippen LogP contribution is -2.11. The van der Waals surface area contributed by atoms with Crippen LogP contribution in [0.25, 0.3) is 6.08 Å². The van der Waals surface area contributed by atoms with Crippen LogP contribution in [0.5, 0.6) is 17.2 Å². The van der Waals surface area contributed by atoms with Crippen molar-refractivity contribution < 1.29 is 23.8 Å². The van der Waals surface area contributed by atoms with Crippen LogP contribution in [0.4, 0.5) is 0 Å². The third-order valence-corrected chi connectivity index (χ3v) is 5.40. The van der Waals surface area contributed by atoms with Crippen molar-refractivity contribution in [1.29, 1.82) is 0 Å². The molecule has 0 bridgehead atoms. The summed E-state index contributed by atoms with van der Waals surface area (Å²) < 4.78 is 16.4. The molecule has 3 aromatic carbocycles. The highest BCUT2D eigenvalue weighted by Gasteiger charge is 2.28. The van der Waals surface area contributed by atoms with Gasteiger partial charge in [0.1, 0.15) is 17.2 Å². The molecule has 1 aliphatic heterocycles. The Bertz CT molecular complexity index is 1200. The van der Waals surface area contributed by atoms with Gasteiger partial charge in [-0.05, 0) is 60.2 Å². The van der Waals surface area contributed by atoms with E-state index in [1.165, 1.54) is 0 Å². The third-order valence-electron chi connectivity index (χ3n) is 4.66. The van der Waals surface area contributed by atoms with Gasteiger partial charge in [0.05, 0.1) is 22.7 Å². The van der Waals surface area contributed by atoms with E-state index in [4.69, 9.17) is 37.4 Å². The molecule has 3 aromatic rings. The van der Waals surface area contributed by atoms with Crippen LogP contribution in [0, 0.1) is 0 Å². The van der Waals surface area contributed by atoms with E-state index >= 15 is 0 Å². The van der Waals surface area contributed by atoms with Crippen molar-refractivity contribution in [2.45, 2.75) is 0 Å². The highest BCUT2D eigenvalue weighted by atomic mass is 35.5. The lowest BCUT2D eigenvalue weighted by Gasteiger charge is -2.07. The molecule has 7 heteroatoms. The number of hydrogen-bond acceptors (Lipinski definition) is 5. The number of carbonyl (C=O) groups is 2. The van der Waals surface area contributed by atoms with Crippen LogP contribution in [0.3, 0.4) is 0 Å². The van der Waals surface area contributed by atoms with Gasteiger partial charge >= 0.3 is 0 Å². The van der Waals surface area contributed by atoms with Gasteiger partial charge in [-0.25, -0.2) is 0 Å². The predicted octanol–water partition coefficient (Wildman–Crippen LogP) is 5.88. The van der Waals surface area contributed by atoms with Crippen molar-refractivity contribution >= 4 is 40.8 Å². The minimum Gasteiger partial charge on any atom is -0.497 e. The second-order valence-electron chi connectivity index (χ2n) is 6.71. The minimum atomic E-state index is -0.248. The normalized spacial score (nSPS) is 13.6. The van der Waals surface area contributed by atoms with Gasteiger partial charge in [0.2, 0.25) is 5.78 Å². The molecule has 0 saturated carbocycles. The van der Waals surface area contributed by atoms with Crippen LogP contribution >= 0.6 is 23.2 Å². The van der Waals surface area contributed by atoms with Crippen LogP contribution in [0.1, 0.15) is 26.3 Å². The van der Waals surface area contributed by atoms with E-state index < -0.39 is 0 Å². The van der Waals surface area contributed by atoms with Gasteiger partial charge in [-0.15, -0.1) is 0 Å². The van der Waals surface area contributed by atoms with Crippen molar-refractivity contribution in [3.8, 4) is 17.2 Å². The summed E-state index contributed by atoms with van der Waals surface area (Å²) in [4.78, 5) is 24.9. The Hall–Kier alpha value is -3.28. The first-order valence-corrected chi connectivity index (χ1v) is 10.0. The molecule has 0 aliphatic carbocycles.